The number of amides is 1. The Morgan fingerprint density at radius 3 is 2.32 bits per heavy atom. The van der Waals surface area contributed by atoms with E-state index in [1.54, 1.807) is 6.07 Å². The molecule has 7 nitrogen and oxygen atoms in total. The van der Waals surface area contributed by atoms with Gasteiger partial charge in [0.2, 0.25) is 0 Å². The van der Waals surface area contributed by atoms with E-state index in [2.05, 4.69) is 17.1 Å². The smallest absolute Gasteiger partial charge is 0.451 e. The molecule has 168 valence electrons. The zero-order chi connectivity index (χ0) is 22.4. The molecule has 3 aliphatic rings. The van der Waals surface area contributed by atoms with Crippen LogP contribution in [0.2, 0.25) is 0 Å². The highest BCUT2D eigenvalue weighted by Crippen LogP contribution is 2.33. The minimum atomic E-state index is -5.49. The number of hydrogen-bond acceptors (Lipinski definition) is 5. The molecule has 11 heteroatoms. The minimum Gasteiger partial charge on any atom is -0.451 e. The van der Waals surface area contributed by atoms with Crippen molar-refractivity contribution in [2.75, 3.05) is 17.8 Å². The second-order valence-electron chi connectivity index (χ2n) is 7.91. The molecule has 3 aliphatic heterocycles. The van der Waals surface area contributed by atoms with Crippen LogP contribution >= 0.6 is 0 Å². The molecule has 0 spiro atoms. The van der Waals surface area contributed by atoms with Crippen molar-refractivity contribution >= 4 is 21.6 Å². The summed E-state index contributed by atoms with van der Waals surface area (Å²) in [7, 11) is -5.49. The summed E-state index contributed by atoms with van der Waals surface area (Å²) in [6, 6.07) is 8.64. The summed E-state index contributed by atoms with van der Waals surface area (Å²) in [5, 5.41) is 3.07. The standard InChI is InChI=1S/C20H22F3N3O4S/c1-12-18(14-8-10-26(12)11-9-14)24-19(27)17-7-6-16(30-17)13-2-4-15(5-3-13)25-31(28,29)20(21,22)23/h2-7,12,14,18,25H,8-11H2,1H3,(H,24,27)/t12-,18-/m0/s1. The number of carbonyl (C=O) groups is 1. The normalized spacial score (nSPS) is 25.9. The van der Waals surface area contributed by atoms with Crippen molar-refractivity contribution < 1.29 is 30.8 Å². The number of fused-ring (bicyclic) bond motifs is 3. The molecular formula is C20H22F3N3O4S. The molecule has 3 fully saturated rings. The van der Waals surface area contributed by atoms with Crippen LogP contribution in [0.15, 0.2) is 40.8 Å². The largest absolute Gasteiger partial charge is 0.516 e. The molecule has 0 saturated carbocycles. The number of hydrogen-bond donors (Lipinski definition) is 2. The number of piperidine rings is 3. The first-order valence-corrected chi connectivity index (χ1v) is 11.4. The first-order chi connectivity index (χ1) is 14.5. The Balaban J connectivity index is 1.43. The maximum absolute atomic E-state index is 12.7. The molecule has 1 amide bonds. The molecule has 2 aromatic rings. The van der Waals surface area contributed by atoms with E-state index < -0.39 is 15.5 Å². The fourth-order valence-electron chi connectivity index (χ4n) is 4.30. The monoisotopic (exact) mass is 457 g/mol. The fourth-order valence-corrected chi connectivity index (χ4v) is 4.86. The van der Waals surface area contributed by atoms with Gasteiger partial charge in [-0.05, 0) is 75.2 Å². The van der Waals surface area contributed by atoms with Crippen LogP contribution in [0.1, 0.15) is 30.3 Å². The predicted octanol–water partition coefficient (Wildman–Crippen LogP) is 3.42. The molecule has 0 unspecified atom stereocenters. The van der Waals surface area contributed by atoms with Gasteiger partial charge in [-0.15, -0.1) is 0 Å². The van der Waals surface area contributed by atoms with Crippen molar-refractivity contribution in [2.24, 2.45) is 5.92 Å². The lowest BCUT2D eigenvalue weighted by Crippen LogP contribution is -2.62. The Morgan fingerprint density at radius 1 is 1.10 bits per heavy atom. The zero-order valence-corrected chi connectivity index (χ0v) is 17.5. The van der Waals surface area contributed by atoms with Crippen molar-refractivity contribution in [2.45, 2.75) is 37.4 Å². The van der Waals surface area contributed by atoms with Crippen LogP contribution in [-0.2, 0) is 10.0 Å². The van der Waals surface area contributed by atoms with E-state index in [9.17, 15) is 26.4 Å². The van der Waals surface area contributed by atoms with Crippen molar-refractivity contribution in [1.29, 1.82) is 0 Å². The second-order valence-corrected chi connectivity index (χ2v) is 9.58. The molecule has 2 N–H and O–H groups in total. The lowest BCUT2D eigenvalue weighted by Gasteiger charge is -2.49. The van der Waals surface area contributed by atoms with Crippen LogP contribution < -0.4 is 10.0 Å². The van der Waals surface area contributed by atoms with Crippen molar-refractivity contribution in [1.82, 2.24) is 10.2 Å². The lowest BCUT2D eigenvalue weighted by molar-refractivity contribution is -0.0429. The van der Waals surface area contributed by atoms with Gasteiger partial charge in [-0.25, -0.2) is 0 Å². The van der Waals surface area contributed by atoms with Crippen LogP contribution in [0.25, 0.3) is 11.3 Å². The number of alkyl halides is 3. The number of furan rings is 1. The highest BCUT2D eigenvalue weighted by atomic mass is 32.2. The summed E-state index contributed by atoms with van der Waals surface area (Å²) >= 11 is 0. The number of rotatable bonds is 5. The number of sulfonamides is 1. The zero-order valence-electron chi connectivity index (χ0n) is 16.6. The van der Waals surface area contributed by atoms with Gasteiger partial charge in [0.15, 0.2) is 5.76 Å². The van der Waals surface area contributed by atoms with E-state index in [1.807, 2.05) is 0 Å². The summed E-state index contributed by atoms with van der Waals surface area (Å²) in [6.45, 7) is 4.22. The van der Waals surface area contributed by atoms with E-state index in [1.165, 1.54) is 35.1 Å². The molecular weight excluding hydrogens is 435 g/mol. The molecule has 0 radical (unpaired) electrons. The molecule has 31 heavy (non-hydrogen) atoms. The maximum atomic E-state index is 12.7. The van der Waals surface area contributed by atoms with Gasteiger partial charge < -0.3 is 9.73 Å². The van der Waals surface area contributed by atoms with Crippen LogP contribution in [0.5, 0.6) is 0 Å². The molecule has 3 saturated heterocycles. The molecule has 5 rings (SSSR count). The van der Waals surface area contributed by atoms with E-state index in [0.29, 0.717) is 17.2 Å². The van der Waals surface area contributed by atoms with E-state index in [4.69, 9.17) is 4.42 Å². The SMILES string of the molecule is C[C@H]1[C@H](NC(=O)c2ccc(-c3ccc(NS(=O)(=O)C(F)(F)F)cc3)o2)C2CCN1CC2. The van der Waals surface area contributed by atoms with Crippen LogP contribution in [-0.4, -0.2) is 49.9 Å². The van der Waals surface area contributed by atoms with Gasteiger partial charge >= 0.3 is 15.5 Å². The van der Waals surface area contributed by atoms with Crippen LogP contribution in [0.3, 0.4) is 0 Å². The average Bonchev–Trinajstić information content (AvgIpc) is 3.21. The Labute approximate surface area is 177 Å². The van der Waals surface area contributed by atoms with E-state index in [0.717, 1.165) is 25.9 Å². The molecule has 2 atom stereocenters. The number of benzene rings is 1. The summed E-state index contributed by atoms with van der Waals surface area (Å²) in [5.41, 5.74) is -5.14. The van der Waals surface area contributed by atoms with Gasteiger partial charge in [0.05, 0.1) is 0 Å². The van der Waals surface area contributed by atoms with E-state index in [-0.39, 0.29) is 29.4 Å². The first kappa shape index (κ1) is 21.7. The fraction of sp³-hybridized carbons (Fsp3) is 0.450. The molecule has 1 aromatic carbocycles. The Hall–Kier alpha value is -2.53. The first-order valence-electron chi connectivity index (χ1n) is 9.89. The molecule has 4 heterocycles. The third-order valence-corrected chi connectivity index (χ3v) is 7.15. The summed E-state index contributed by atoms with van der Waals surface area (Å²) in [4.78, 5) is 15.0. The quantitative estimate of drug-likeness (QED) is 0.718. The highest BCUT2D eigenvalue weighted by molar-refractivity contribution is 7.93. The maximum Gasteiger partial charge on any atom is 0.516 e. The number of anilines is 1. The number of carbonyl (C=O) groups excluding carboxylic acids is 1. The Morgan fingerprint density at radius 2 is 1.74 bits per heavy atom. The Bertz CT molecular complexity index is 1060. The van der Waals surface area contributed by atoms with Gasteiger partial charge in [0.1, 0.15) is 5.76 Å². The third-order valence-electron chi connectivity index (χ3n) is 6.03. The van der Waals surface area contributed by atoms with Crippen molar-refractivity contribution in [3.8, 4) is 11.3 Å². The summed E-state index contributed by atoms with van der Waals surface area (Å²) in [6.07, 6.45) is 2.12. The van der Waals surface area contributed by atoms with Gasteiger partial charge in [-0.2, -0.15) is 21.6 Å². The topological polar surface area (TPSA) is 91.7 Å². The van der Waals surface area contributed by atoms with Gasteiger partial charge in [0.25, 0.3) is 5.91 Å². The molecule has 2 bridgehead atoms. The molecule has 0 aliphatic carbocycles. The Kier molecular flexibility index (Phi) is 5.50. The van der Waals surface area contributed by atoms with Crippen molar-refractivity contribution in [3.05, 3.63) is 42.2 Å². The van der Waals surface area contributed by atoms with Gasteiger partial charge in [0, 0.05) is 23.3 Å². The molecule has 1 aromatic heterocycles. The third kappa shape index (κ3) is 4.29. The van der Waals surface area contributed by atoms with E-state index >= 15 is 0 Å². The highest BCUT2D eigenvalue weighted by Gasteiger charge is 2.46. The van der Waals surface area contributed by atoms with Gasteiger partial charge in [-0.1, -0.05) is 0 Å². The van der Waals surface area contributed by atoms with Gasteiger partial charge in [-0.3, -0.25) is 14.4 Å². The number of nitrogens with one attached hydrogen (secondary N) is 2. The van der Waals surface area contributed by atoms with Crippen LogP contribution in [0.4, 0.5) is 18.9 Å². The second kappa shape index (κ2) is 7.86. The predicted molar refractivity (Wildman–Crippen MR) is 108 cm³/mol. The average molecular weight is 457 g/mol. The van der Waals surface area contributed by atoms with Crippen LogP contribution in [0, 0.1) is 5.92 Å². The summed E-state index contributed by atoms with van der Waals surface area (Å²) in [5.74, 6) is 0.621. The summed E-state index contributed by atoms with van der Waals surface area (Å²) < 4.78 is 66.9. The minimum absolute atomic E-state index is 0.0597. The number of halogens is 3. The lowest BCUT2D eigenvalue weighted by atomic mass is 9.79. The van der Waals surface area contributed by atoms with Crippen molar-refractivity contribution in [3.63, 3.8) is 0 Å². The number of nitrogens with zero attached hydrogens (tertiary/aromatic N) is 1.